The Morgan fingerprint density at radius 1 is 1.33 bits per heavy atom. The Bertz CT molecular complexity index is 133. The van der Waals surface area contributed by atoms with Gasteiger partial charge < -0.3 is 17.7 Å². The second kappa shape index (κ2) is 2.06. The van der Waals surface area contributed by atoms with E-state index in [0.29, 0.717) is 11.5 Å². The summed E-state index contributed by atoms with van der Waals surface area (Å²) < 4.78 is 38.9. The standard InChI is InChI=1S/C4H5BF3O/c6-5(7,8)1-4-2-9-3-4/h1H,2-3H2/q-1. The molecule has 0 amide bonds. The van der Waals surface area contributed by atoms with Gasteiger partial charge in [-0.2, -0.15) is 0 Å². The Labute approximate surface area is 50.6 Å². The normalized spacial score (nSPS) is 19.2. The fraction of sp³-hybridized carbons (Fsp3) is 0.500. The summed E-state index contributed by atoms with van der Waals surface area (Å²) in [6.07, 6.45) is 0. The third-order valence-corrected chi connectivity index (χ3v) is 1.000. The van der Waals surface area contributed by atoms with Crippen molar-refractivity contribution in [2.24, 2.45) is 0 Å². The van der Waals surface area contributed by atoms with Gasteiger partial charge in [0.05, 0.1) is 13.2 Å². The van der Waals surface area contributed by atoms with E-state index in [-0.39, 0.29) is 13.2 Å². The molecule has 52 valence electrons. The molecule has 0 saturated carbocycles. The first-order valence-electron chi connectivity index (χ1n) is 2.56. The molecule has 0 atom stereocenters. The maximum Gasteiger partial charge on any atom is 0.502 e. The van der Waals surface area contributed by atoms with E-state index in [0.717, 1.165) is 0 Å². The van der Waals surface area contributed by atoms with E-state index >= 15 is 0 Å². The Morgan fingerprint density at radius 3 is 2.00 bits per heavy atom. The highest BCUT2D eigenvalue weighted by Gasteiger charge is 2.21. The molecule has 0 aromatic rings. The molecular formula is C4H5BF3O-. The van der Waals surface area contributed by atoms with Crippen LogP contribution < -0.4 is 0 Å². The van der Waals surface area contributed by atoms with Gasteiger partial charge in [-0.15, -0.1) is 5.98 Å². The molecule has 0 unspecified atom stereocenters. The van der Waals surface area contributed by atoms with Crippen molar-refractivity contribution in [3.63, 3.8) is 0 Å². The van der Waals surface area contributed by atoms with Crippen LogP contribution in [0.5, 0.6) is 0 Å². The quantitative estimate of drug-likeness (QED) is 0.495. The second-order valence-electron chi connectivity index (χ2n) is 1.94. The topological polar surface area (TPSA) is 9.23 Å². The van der Waals surface area contributed by atoms with Crippen molar-refractivity contribution in [3.8, 4) is 0 Å². The van der Waals surface area contributed by atoms with Crippen LogP contribution in [0.4, 0.5) is 12.9 Å². The molecule has 0 aromatic heterocycles. The average molecular weight is 137 g/mol. The van der Waals surface area contributed by atoms with E-state index in [4.69, 9.17) is 0 Å². The summed E-state index contributed by atoms with van der Waals surface area (Å²) in [4.78, 5) is 0. The number of hydrogen-bond acceptors (Lipinski definition) is 1. The monoisotopic (exact) mass is 137 g/mol. The van der Waals surface area contributed by atoms with E-state index in [1.807, 2.05) is 0 Å². The van der Waals surface area contributed by atoms with E-state index in [1.54, 1.807) is 0 Å². The van der Waals surface area contributed by atoms with Crippen molar-refractivity contribution in [3.05, 3.63) is 11.5 Å². The molecule has 1 fully saturated rings. The third-order valence-electron chi connectivity index (χ3n) is 1.000. The van der Waals surface area contributed by atoms with Gasteiger partial charge >= 0.3 is 6.98 Å². The fourth-order valence-corrected chi connectivity index (χ4v) is 0.583. The van der Waals surface area contributed by atoms with Crippen LogP contribution in [-0.4, -0.2) is 20.2 Å². The van der Waals surface area contributed by atoms with E-state index < -0.39 is 6.98 Å². The zero-order valence-electron chi connectivity index (χ0n) is 4.61. The van der Waals surface area contributed by atoms with E-state index in [2.05, 4.69) is 4.74 Å². The Kier molecular flexibility index (Phi) is 1.53. The van der Waals surface area contributed by atoms with Gasteiger partial charge in [-0.1, -0.05) is 5.57 Å². The van der Waals surface area contributed by atoms with Crippen LogP contribution in [-0.2, 0) is 4.74 Å². The maximum atomic E-state index is 11.5. The molecule has 9 heavy (non-hydrogen) atoms. The smallest absolute Gasteiger partial charge is 0.445 e. The van der Waals surface area contributed by atoms with Crippen molar-refractivity contribution < 1.29 is 17.7 Å². The highest BCUT2D eigenvalue weighted by Crippen LogP contribution is 2.17. The minimum Gasteiger partial charge on any atom is -0.445 e. The molecule has 0 bridgehead atoms. The summed E-state index contributed by atoms with van der Waals surface area (Å²) in [5.41, 5.74) is 0.350. The summed E-state index contributed by atoms with van der Waals surface area (Å²) >= 11 is 0. The maximum absolute atomic E-state index is 11.5. The number of rotatable bonds is 1. The van der Waals surface area contributed by atoms with Crippen molar-refractivity contribution in [2.45, 2.75) is 0 Å². The van der Waals surface area contributed by atoms with Gasteiger partial charge in [0.15, 0.2) is 0 Å². The van der Waals surface area contributed by atoms with Crippen LogP contribution in [0.3, 0.4) is 0 Å². The lowest BCUT2D eigenvalue weighted by molar-refractivity contribution is 0.103. The zero-order valence-corrected chi connectivity index (χ0v) is 4.61. The molecule has 1 rings (SSSR count). The van der Waals surface area contributed by atoms with E-state index in [1.165, 1.54) is 0 Å². The van der Waals surface area contributed by atoms with Gasteiger partial charge in [0.25, 0.3) is 0 Å². The number of hydrogen-bond donors (Lipinski definition) is 0. The van der Waals surface area contributed by atoms with Gasteiger partial charge in [-0.3, -0.25) is 0 Å². The molecule has 1 nitrogen and oxygen atoms in total. The van der Waals surface area contributed by atoms with Crippen LogP contribution in [0.25, 0.3) is 0 Å². The summed E-state index contributed by atoms with van der Waals surface area (Å²) in [5, 5.41) is 0. The number of halogens is 3. The highest BCUT2D eigenvalue weighted by atomic mass is 19.4. The lowest BCUT2D eigenvalue weighted by Gasteiger charge is -2.21. The van der Waals surface area contributed by atoms with Gasteiger partial charge in [0.2, 0.25) is 0 Å². The minimum atomic E-state index is -4.74. The summed E-state index contributed by atoms with van der Waals surface area (Å²) in [6.45, 7) is -4.43. The largest absolute Gasteiger partial charge is 0.502 e. The molecule has 0 aromatic carbocycles. The molecule has 1 saturated heterocycles. The van der Waals surface area contributed by atoms with Crippen LogP contribution in [0.1, 0.15) is 0 Å². The van der Waals surface area contributed by atoms with Gasteiger partial charge in [0.1, 0.15) is 0 Å². The van der Waals surface area contributed by atoms with Crippen molar-refractivity contribution in [2.75, 3.05) is 13.2 Å². The first-order valence-corrected chi connectivity index (χ1v) is 2.56. The molecule has 0 radical (unpaired) electrons. The summed E-state index contributed by atoms with van der Waals surface area (Å²) in [6, 6.07) is 0. The number of ether oxygens (including phenoxy) is 1. The van der Waals surface area contributed by atoms with E-state index in [9.17, 15) is 12.9 Å². The van der Waals surface area contributed by atoms with Gasteiger partial charge in [-0.05, 0) is 0 Å². The van der Waals surface area contributed by atoms with Crippen molar-refractivity contribution >= 4 is 6.98 Å². The average Bonchev–Trinajstić information content (AvgIpc) is 1.53. The molecule has 0 N–H and O–H groups in total. The van der Waals surface area contributed by atoms with Crippen molar-refractivity contribution in [1.82, 2.24) is 0 Å². The first-order chi connectivity index (χ1) is 4.08. The Hall–Kier alpha value is -0.445. The SMILES string of the molecule is F[B-](F)(F)C=C1COC1. The third kappa shape index (κ3) is 2.09. The molecule has 1 aliphatic rings. The van der Waals surface area contributed by atoms with Gasteiger partial charge in [-0.25, -0.2) is 0 Å². The van der Waals surface area contributed by atoms with Gasteiger partial charge in [0, 0.05) is 0 Å². The molecule has 0 aliphatic carbocycles. The molecule has 0 spiro atoms. The summed E-state index contributed by atoms with van der Waals surface area (Å²) in [7, 11) is 0. The van der Waals surface area contributed by atoms with Crippen LogP contribution in [0.2, 0.25) is 0 Å². The first kappa shape index (κ1) is 6.67. The minimum absolute atomic E-state index is 0.154. The second-order valence-corrected chi connectivity index (χ2v) is 1.94. The molecule has 5 heteroatoms. The van der Waals surface area contributed by atoms with Crippen molar-refractivity contribution in [1.29, 1.82) is 0 Å². The van der Waals surface area contributed by atoms with Crippen LogP contribution in [0.15, 0.2) is 11.5 Å². The predicted octanol–water partition coefficient (Wildman–Crippen LogP) is 1.33. The van der Waals surface area contributed by atoms with Crippen LogP contribution >= 0.6 is 0 Å². The van der Waals surface area contributed by atoms with Crippen LogP contribution in [0, 0.1) is 0 Å². The lowest BCUT2D eigenvalue weighted by atomic mass is 9.88. The predicted molar refractivity (Wildman–Crippen MR) is 28.0 cm³/mol. The Balaban J connectivity index is 2.46. The zero-order chi connectivity index (χ0) is 6.91. The lowest BCUT2D eigenvalue weighted by Crippen LogP contribution is -2.22. The molecule has 1 heterocycles. The summed E-state index contributed by atoms with van der Waals surface area (Å²) in [5.74, 6) is 0.351. The Morgan fingerprint density at radius 2 is 1.89 bits per heavy atom. The molecule has 1 aliphatic heterocycles. The highest BCUT2D eigenvalue weighted by molar-refractivity contribution is 6.64. The fourth-order valence-electron chi connectivity index (χ4n) is 0.583. The molecular weight excluding hydrogens is 132 g/mol.